The van der Waals surface area contributed by atoms with Crippen molar-refractivity contribution in [1.29, 1.82) is 0 Å². The molecule has 2 rings (SSSR count). The smallest absolute Gasteiger partial charge is 0.226 e. The van der Waals surface area contributed by atoms with Crippen molar-refractivity contribution >= 4 is 27.7 Å². The Hall–Kier alpha value is -0.840. The molecule has 1 aliphatic carbocycles. The van der Waals surface area contributed by atoms with Gasteiger partial charge in [-0.25, -0.2) is 4.98 Å². The molecule has 1 saturated carbocycles. The van der Waals surface area contributed by atoms with Crippen LogP contribution in [0.4, 0.5) is 11.8 Å². The van der Waals surface area contributed by atoms with Gasteiger partial charge >= 0.3 is 0 Å². The minimum Gasteiger partial charge on any atom is -0.383 e. The molecule has 0 atom stereocenters. The molecule has 0 radical (unpaired) electrons. The van der Waals surface area contributed by atoms with Gasteiger partial charge in [-0.2, -0.15) is 4.98 Å². The summed E-state index contributed by atoms with van der Waals surface area (Å²) in [5.41, 5.74) is 5.80. The summed E-state index contributed by atoms with van der Waals surface area (Å²) in [5.74, 6) is 1.11. The SMILES string of the molecule is CC1(Nc2nc(N)cc(Br)n2)CCCCC1. The second-order valence-electron chi connectivity index (χ2n) is 4.69. The van der Waals surface area contributed by atoms with E-state index in [1.807, 2.05) is 0 Å². The van der Waals surface area contributed by atoms with E-state index in [1.54, 1.807) is 6.07 Å². The van der Waals surface area contributed by atoms with E-state index in [-0.39, 0.29) is 5.54 Å². The molecule has 0 saturated heterocycles. The van der Waals surface area contributed by atoms with E-state index in [4.69, 9.17) is 5.73 Å². The maximum atomic E-state index is 5.69. The Kier molecular flexibility index (Phi) is 3.33. The summed E-state index contributed by atoms with van der Waals surface area (Å²) in [4.78, 5) is 8.49. The number of nitrogen functional groups attached to an aromatic ring is 1. The summed E-state index contributed by atoms with van der Waals surface area (Å²) < 4.78 is 0.724. The minimum atomic E-state index is 0.117. The third kappa shape index (κ3) is 2.84. The van der Waals surface area contributed by atoms with Crippen LogP contribution in [0.2, 0.25) is 0 Å². The third-order valence-corrected chi connectivity index (χ3v) is 3.49. The highest BCUT2D eigenvalue weighted by atomic mass is 79.9. The van der Waals surface area contributed by atoms with Gasteiger partial charge in [0.2, 0.25) is 5.95 Å². The van der Waals surface area contributed by atoms with Gasteiger partial charge in [0.05, 0.1) is 0 Å². The molecule has 1 fully saturated rings. The highest BCUT2D eigenvalue weighted by Gasteiger charge is 2.27. The van der Waals surface area contributed by atoms with Gasteiger partial charge in [0.1, 0.15) is 10.4 Å². The van der Waals surface area contributed by atoms with Crippen LogP contribution in [0.25, 0.3) is 0 Å². The lowest BCUT2D eigenvalue weighted by atomic mass is 9.83. The van der Waals surface area contributed by atoms with Crippen LogP contribution in [0.5, 0.6) is 0 Å². The van der Waals surface area contributed by atoms with Crippen molar-refractivity contribution < 1.29 is 0 Å². The van der Waals surface area contributed by atoms with Gasteiger partial charge in [0.15, 0.2) is 0 Å². The molecule has 16 heavy (non-hydrogen) atoms. The Bertz CT molecular complexity index is 354. The number of rotatable bonds is 2. The lowest BCUT2D eigenvalue weighted by Gasteiger charge is -2.34. The highest BCUT2D eigenvalue weighted by molar-refractivity contribution is 9.10. The molecule has 0 aliphatic heterocycles. The Morgan fingerprint density at radius 1 is 1.31 bits per heavy atom. The molecule has 0 amide bonds. The summed E-state index contributed by atoms with van der Waals surface area (Å²) in [7, 11) is 0. The molecular formula is C11H17BrN4. The van der Waals surface area contributed by atoms with Gasteiger partial charge in [-0.1, -0.05) is 19.3 Å². The number of anilines is 2. The molecular weight excluding hydrogens is 268 g/mol. The number of halogens is 1. The van der Waals surface area contributed by atoms with Gasteiger partial charge in [-0.3, -0.25) is 0 Å². The van der Waals surface area contributed by atoms with Crippen LogP contribution in [0.1, 0.15) is 39.0 Å². The maximum absolute atomic E-state index is 5.69. The Morgan fingerprint density at radius 2 is 2.00 bits per heavy atom. The number of nitrogens with one attached hydrogen (secondary N) is 1. The van der Waals surface area contributed by atoms with Crippen LogP contribution in [0, 0.1) is 0 Å². The quantitative estimate of drug-likeness (QED) is 0.820. The minimum absolute atomic E-state index is 0.117. The van der Waals surface area contributed by atoms with Crippen molar-refractivity contribution in [2.75, 3.05) is 11.1 Å². The fourth-order valence-corrected chi connectivity index (χ4v) is 2.62. The predicted molar refractivity (Wildman–Crippen MR) is 69.3 cm³/mol. The summed E-state index contributed by atoms with van der Waals surface area (Å²) in [6.07, 6.45) is 6.21. The Labute approximate surface area is 104 Å². The standard InChI is InChI=1S/C11H17BrN4/c1-11(5-3-2-4-6-11)16-10-14-8(12)7-9(13)15-10/h7H,2-6H2,1H3,(H3,13,14,15,16). The van der Waals surface area contributed by atoms with E-state index in [9.17, 15) is 0 Å². The lowest BCUT2D eigenvalue weighted by molar-refractivity contribution is 0.347. The molecule has 0 unspecified atom stereocenters. The third-order valence-electron chi connectivity index (χ3n) is 3.09. The van der Waals surface area contributed by atoms with Crippen molar-refractivity contribution in [3.63, 3.8) is 0 Å². The molecule has 1 aromatic rings. The van der Waals surface area contributed by atoms with Gasteiger partial charge < -0.3 is 11.1 Å². The van der Waals surface area contributed by atoms with E-state index in [0.717, 1.165) is 4.60 Å². The fraction of sp³-hybridized carbons (Fsp3) is 0.636. The van der Waals surface area contributed by atoms with Crippen molar-refractivity contribution in [2.45, 2.75) is 44.6 Å². The van der Waals surface area contributed by atoms with Crippen LogP contribution in [0.15, 0.2) is 10.7 Å². The van der Waals surface area contributed by atoms with Crippen LogP contribution in [-0.4, -0.2) is 15.5 Å². The molecule has 4 nitrogen and oxygen atoms in total. The zero-order valence-corrected chi connectivity index (χ0v) is 11.0. The molecule has 0 bridgehead atoms. The monoisotopic (exact) mass is 284 g/mol. The first-order valence-corrected chi connectivity index (χ1v) is 6.45. The lowest BCUT2D eigenvalue weighted by Crippen LogP contribution is -2.37. The number of hydrogen-bond donors (Lipinski definition) is 2. The summed E-state index contributed by atoms with van der Waals surface area (Å²) in [6, 6.07) is 1.70. The van der Waals surface area contributed by atoms with Crippen molar-refractivity contribution in [3.05, 3.63) is 10.7 Å². The number of nitrogens with zero attached hydrogens (tertiary/aromatic N) is 2. The first-order chi connectivity index (χ1) is 7.57. The average Bonchev–Trinajstić information content (AvgIpc) is 2.15. The molecule has 0 spiro atoms. The van der Waals surface area contributed by atoms with E-state index in [2.05, 4.69) is 38.1 Å². The van der Waals surface area contributed by atoms with Crippen LogP contribution >= 0.6 is 15.9 Å². The fourth-order valence-electron chi connectivity index (χ4n) is 2.22. The highest BCUT2D eigenvalue weighted by Crippen LogP contribution is 2.30. The summed E-state index contributed by atoms with van der Waals surface area (Å²) in [6.45, 7) is 2.23. The average molecular weight is 285 g/mol. The Balaban J connectivity index is 2.13. The van der Waals surface area contributed by atoms with Crippen LogP contribution in [-0.2, 0) is 0 Å². The van der Waals surface area contributed by atoms with E-state index < -0.39 is 0 Å². The van der Waals surface area contributed by atoms with Crippen molar-refractivity contribution in [2.24, 2.45) is 0 Å². The van der Waals surface area contributed by atoms with Gasteiger partial charge in [-0.15, -0.1) is 0 Å². The van der Waals surface area contributed by atoms with Crippen LogP contribution in [0.3, 0.4) is 0 Å². The van der Waals surface area contributed by atoms with E-state index in [0.29, 0.717) is 11.8 Å². The number of aromatic nitrogens is 2. The van der Waals surface area contributed by atoms with E-state index >= 15 is 0 Å². The summed E-state index contributed by atoms with van der Waals surface area (Å²) in [5, 5.41) is 3.41. The predicted octanol–water partition coefficient (Wildman–Crippen LogP) is 2.96. The van der Waals surface area contributed by atoms with Gasteiger partial charge in [-0.05, 0) is 35.7 Å². The van der Waals surface area contributed by atoms with Crippen molar-refractivity contribution in [1.82, 2.24) is 9.97 Å². The number of nitrogens with two attached hydrogens (primary N) is 1. The molecule has 88 valence electrons. The van der Waals surface area contributed by atoms with Crippen LogP contribution < -0.4 is 11.1 Å². The molecule has 5 heteroatoms. The largest absolute Gasteiger partial charge is 0.383 e. The molecule has 1 aliphatic rings. The topological polar surface area (TPSA) is 63.8 Å². The zero-order chi connectivity index (χ0) is 11.6. The molecule has 1 heterocycles. The zero-order valence-electron chi connectivity index (χ0n) is 9.46. The molecule has 0 aromatic carbocycles. The first-order valence-electron chi connectivity index (χ1n) is 5.66. The molecule has 3 N–H and O–H groups in total. The molecule has 1 aromatic heterocycles. The van der Waals surface area contributed by atoms with Crippen molar-refractivity contribution in [3.8, 4) is 0 Å². The number of hydrogen-bond acceptors (Lipinski definition) is 4. The second-order valence-corrected chi connectivity index (χ2v) is 5.50. The van der Waals surface area contributed by atoms with E-state index in [1.165, 1.54) is 32.1 Å². The summed E-state index contributed by atoms with van der Waals surface area (Å²) >= 11 is 3.32. The van der Waals surface area contributed by atoms with Gasteiger partial charge in [0.25, 0.3) is 0 Å². The normalized spacial score (nSPS) is 19.4. The second kappa shape index (κ2) is 4.57. The van der Waals surface area contributed by atoms with Gasteiger partial charge in [0, 0.05) is 11.6 Å². The first kappa shape index (κ1) is 11.6. The Morgan fingerprint density at radius 3 is 2.62 bits per heavy atom. The maximum Gasteiger partial charge on any atom is 0.226 e.